The minimum atomic E-state index is -0.0556. The average Bonchev–Trinajstić information content (AvgIpc) is 3.16. The normalized spacial score (nSPS) is 15.3. The van der Waals surface area contributed by atoms with Crippen LogP contribution >= 0.6 is 7.92 Å². The van der Waals surface area contributed by atoms with Crippen molar-refractivity contribution < 1.29 is 0 Å². The molecule has 18 heavy (non-hydrogen) atoms. The molecular formula is C17H17P. The van der Waals surface area contributed by atoms with Crippen LogP contribution in [0.1, 0.15) is 25.0 Å². The molecule has 0 saturated carbocycles. The Balaban J connectivity index is 2.03. The van der Waals surface area contributed by atoms with E-state index in [-0.39, 0.29) is 7.92 Å². The Morgan fingerprint density at radius 1 is 0.667 bits per heavy atom. The molecule has 0 bridgehead atoms. The van der Waals surface area contributed by atoms with Crippen molar-refractivity contribution in [1.29, 1.82) is 0 Å². The fraction of sp³-hybridized carbons (Fsp3) is 0.176. The number of benzene rings is 2. The van der Waals surface area contributed by atoms with Crippen LogP contribution in [-0.2, 0) is 0 Å². The van der Waals surface area contributed by atoms with Crippen molar-refractivity contribution in [2.75, 3.05) is 0 Å². The lowest BCUT2D eigenvalue weighted by atomic mass is 10.1. The maximum absolute atomic E-state index is 2.34. The van der Waals surface area contributed by atoms with E-state index in [1.165, 1.54) is 11.1 Å². The van der Waals surface area contributed by atoms with E-state index in [2.05, 4.69) is 74.5 Å². The van der Waals surface area contributed by atoms with Crippen LogP contribution < -0.4 is 0 Å². The summed E-state index contributed by atoms with van der Waals surface area (Å²) in [6.45, 7) is 4.68. The fourth-order valence-corrected chi connectivity index (χ4v) is 5.11. The molecule has 0 aromatic heterocycles. The Hall–Kier alpha value is -1.39. The van der Waals surface area contributed by atoms with E-state index in [1.54, 1.807) is 10.6 Å². The molecule has 0 fully saturated rings. The molecule has 0 atom stereocenters. The van der Waals surface area contributed by atoms with Gasteiger partial charge in [0.2, 0.25) is 0 Å². The highest BCUT2D eigenvalue weighted by Gasteiger charge is 2.39. The first-order valence-electron chi connectivity index (χ1n) is 6.43. The molecule has 3 rings (SSSR count). The topological polar surface area (TPSA) is 0 Å². The summed E-state index contributed by atoms with van der Waals surface area (Å²) in [5.74, 6) is 0. The lowest BCUT2D eigenvalue weighted by molar-refractivity contribution is 1.11. The molecule has 0 saturated heterocycles. The van der Waals surface area contributed by atoms with Gasteiger partial charge >= 0.3 is 0 Å². The molecule has 1 heterocycles. The van der Waals surface area contributed by atoms with E-state index < -0.39 is 0 Å². The Bertz CT molecular complexity index is 518. The van der Waals surface area contributed by atoms with E-state index in [0.29, 0.717) is 0 Å². The summed E-state index contributed by atoms with van der Waals surface area (Å²) in [5, 5.41) is 3.21. The molecule has 0 aliphatic carbocycles. The van der Waals surface area contributed by atoms with Crippen LogP contribution in [0, 0.1) is 0 Å². The molecule has 0 amide bonds. The van der Waals surface area contributed by atoms with Gasteiger partial charge in [-0.3, -0.25) is 0 Å². The van der Waals surface area contributed by atoms with E-state index in [0.717, 1.165) is 5.66 Å². The van der Waals surface area contributed by atoms with Crippen molar-refractivity contribution in [1.82, 2.24) is 0 Å². The number of hydrogen-bond acceptors (Lipinski definition) is 0. The molecule has 0 spiro atoms. The summed E-state index contributed by atoms with van der Waals surface area (Å²) >= 11 is 0. The van der Waals surface area contributed by atoms with Crippen LogP contribution in [0.25, 0.3) is 10.6 Å². The first-order valence-corrected chi connectivity index (χ1v) is 7.84. The first-order chi connectivity index (χ1) is 8.79. The smallest absolute Gasteiger partial charge is 0.00342 e. The predicted octanol–water partition coefficient (Wildman–Crippen LogP) is 5.42. The summed E-state index contributed by atoms with van der Waals surface area (Å²) in [6, 6.07) is 21.7. The van der Waals surface area contributed by atoms with Gasteiger partial charge in [0.1, 0.15) is 0 Å². The minimum Gasteiger partial charge on any atom is -0.0622 e. The van der Waals surface area contributed by atoms with Gasteiger partial charge in [-0.1, -0.05) is 74.5 Å². The third-order valence-corrected chi connectivity index (χ3v) is 6.00. The Morgan fingerprint density at radius 2 is 1.06 bits per heavy atom. The van der Waals surface area contributed by atoms with Crippen molar-refractivity contribution in [2.45, 2.75) is 19.5 Å². The molecule has 0 radical (unpaired) electrons. The van der Waals surface area contributed by atoms with Crippen molar-refractivity contribution in [3.8, 4) is 0 Å². The van der Waals surface area contributed by atoms with E-state index in [1.807, 2.05) is 0 Å². The molecule has 2 aromatic rings. The summed E-state index contributed by atoms with van der Waals surface area (Å²) in [5.41, 5.74) is 3.57. The largest absolute Gasteiger partial charge is 0.0622 e. The van der Waals surface area contributed by atoms with Gasteiger partial charge in [-0.05, 0) is 35.3 Å². The van der Waals surface area contributed by atoms with Gasteiger partial charge in [0.15, 0.2) is 0 Å². The predicted molar refractivity (Wildman–Crippen MR) is 81.8 cm³/mol. The van der Waals surface area contributed by atoms with Crippen molar-refractivity contribution in [3.05, 3.63) is 71.8 Å². The van der Waals surface area contributed by atoms with Gasteiger partial charge < -0.3 is 0 Å². The third-order valence-electron chi connectivity index (χ3n) is 3.27. The highest BCUT2D eigenvalue weighted by Crippen LogP contribution is 2.80. The monoisotopic (exact) mass is 252 g/mol. The van der Waals surface area contributed by atoms with Crippen molar-refractivity contribution in [3.63, 3.8) is 0 Å². The Kier molecular flexibility index (Phi) is 3.06. The molecule has 1 aliphatic rings. The summed E-state index contributed by atoms with van der Waals surface area (Å²) < 4.78 is 0. The average molecular weight is 252 g/mol. The summed E-state index contributed by atoms with van der Waals surface area (Å²) in [4.78, 5) is 0. The highest BCUT2D eigenvalue weighted by atomic mass is 31.1. The highest BCUT2D eigenvalue weighted by molar-refractivity contribution is 7.89. The van der Waals surface area contributed by atoms with Crippen LogP contribution in [0.4, 0.5) is 0 Å². The SMILES string of the molecule is CC(C)P1C(c2ccccc2)=C1c1ccccc1. The van der Waals surface area contributed by atoms with Crippen LogP contribution in [0.2, 0.25) is 0 Å². The summed E-state index contributed by atoms with van der Waals surface area (Å²) in [7, 11) is -0.0556. The van der Waals surface area contributed by atoms with Crippen LogP contribution in [0.15, 0.2) is 60.7 Å². The van der Waals surface area contributed by atoms with Gasteiger partial charge in [0.05, 0.1) is 0 Å². The van der Waals surface area contributed by atoms with Crippen LogP contribution in [-0.4, -0.2) is 5.66 Å². The molecule has 0 nitrogen and oxygen atoms in total. The second-order valence-electron chi connectivity index (χ2n) is 4.89. The molecule has 0 unspecified atom stereocenters. The van der Waals surface area contributed by atoms with Crippen LogP contribution in [0.5, 0.6) is 0 Å². The molecule has 1 heteroatoms. The van der Waals surface area contributed by atoms with Gasteiger partial charge in [-0.2, -0.15) is 0 Å². The lowest BCUT2D eigenvalue weighted by Crippen LogP contribution is -1.83. The fourth-order valence-electron chi connectivity index (χ4n) is 2.44. The standard InChI is InChI=1S/C17H17P/c1-13(2)18-16(14-9-5-3-6-10-14)17(18)15-11-7-4-8-12-15/h3-13H,1-2H3. The third kappa shape index (κ3) is 2.02. The molecule has 90 valence electrons. The lowest BCUT2D eigenvalue weighted by Gasteiger charge is -2.06. The maximum Gasteiger partial charge on any atom is -0.00342 e. The molecule has 0 N–H and O–H groups in total. The second kappa shape index (κ2) is 4.71. The zero-order valence-corrected chi connectivity index (χ0v) is 11.7. The van der Waals surface area contributed by atoms with Gasteiger partial charge in [-0.15, -0.1) is 0 Å². The van der Waals surface area contributed by atoms with E-state index in [9.17, 15) is 0 Å². The first kappa shape index (κ1) is 11.7. The van der Waals surface area contributed by atoms with Gasteiger partial charge in [-0.25, -0.2) is 0 Å². The van der Waals surface area contributed by atoms with Crippen LogP contribution in [0.3, 0.4) is 0 Å². The zero-order valence-electron chi connectivity index (χ0n) is 10.8. The van der Waals surface area contributed by atoms with Crippen molar-refractivity contribution >= 4 is 18.5 Å². The maximum atomic E-state index is 2.34. The van der Waals surface area contributed by atoms with Gasteiger partial charge in [0, 0.05) is 0 Å². The number of hydrogen-bond donors (Lipinski definition) is 0. The second-order valence-corrected chi connectivity index (χ2v) is 7.56. The summed E-state index contributed by atoms with van der Waals surface area (Å²) in [6.07, 6.45) is 0. The zero-order chi connectivity index (χ0) is 12.5. The van der Waals surface area contributed by atoms with Crippen molar-refractivity contribution in [2.24, 2.45) is 0 Å². The Morgan fingerprint density at radius 3 is 1.39 bits per heavy atom. The number of rotatable bonds is 3. The Labute approximate surface area is 110 Å². The van der Waals surface area contributed by atoms with Gasteiger partial charge in [0.25, 0.3) is 0 Å². The van der Waals surface area contributed by atoms with E-state index >= 15 is 0 Å². The van der Waals surface area contributed by atoms with E-state index in [4.69, 9.17) is 0 Å². The molecular weight excluding hydrogens is 235 g/mol. The minimum absolute atomic E-state index is 0.0556. The quantitative estimate of drug-likeness (QED) is 0.640. The molecule has 1 aliphatic heterocycles. The molecule has 2 aromatic carbocycles.